The molecule has 1 aliphatic rings. The zero-order chi connectivity index (χ0) is 18.4. The molecule has 0 radical (unpaired) electrons. The van der Waals surface area contributed by atoms with Crippen LogP contribution in [0.3, 0.4) is 0 Å². The SMILES string of the molecule is COc1ccc(C)cc1S(=O)(=O)N1CCC[C@@H](C(=O)NCCCO)C1. The van der Waals surface area contributed by atoms with Gasteiger partial charge in [-0.3, -0.25) is 4.79 Å². The van der Waals surface area contributed by atoms with Gasteiger partial charge in [0.25, 0.3) is 0 Å². The van der Waals surface area contributed by atoms with Crippen LogP contribution in [0.2, 0.25) is 0 Å². The van der Waals surface area contributed by atoms with Crippen molar-refractivity contribution in [2.24, 2.45) is 5.92 Å². The summed E-state index contributed by atoms with van der Waals surface area (Å²) in [5.74, 6) is -0.234. The highest BCUT2D eigenvalue weighted by molar-refractivity contribution is 7.89. The van der Waals surface area contributed by atoms with Crippen molar-refractivity contribution >= 4 is 15.9 Å². The number of rotatable bonds is 7. The van der Waals surface area contributed by atoms with Gasteiger partial charge < -0.3 is 15.2 Å². The fourth-order valence-electron chi connectivity index (χ4n) is 2.93. The minimum absolute atomic E-state index is 0.0125. The molecule has 1 heterocycles. The van der Waals surface area contributed by atoms with Gasteiger partial charge in [0.05, 0.1) is 13.0 Å². The topological polar surface area (TPSA) is 95.9 Å². The number of nitrogens with zero attached hydrogens (tertiary/aromatic N) is 1. The summed E-state index contributed by atoms with van der Waals surface area (Å²) < 4.78 is 32.6. The van der Waals surface area contributed by atoms with Gasteiger partial charge in [-0.15, -0.1) is 0 Å². The van der Waals surface area contributed by atoms with Crippen molar-refractivity contribution in [3.05, 3.63) is 23.8 Å². The molecule has 0 spiro atoms. The molecule has 1 amide bonds. The number of aliphatic hydroxyl groups is 1. The zero-order valence-corrected chi connectivity index (χ0v) is 15.5. The predicted octanol–water partition coefficient (Wildman–Crippen LogP) is 0.903. The van der Waals surface area contributed by atoms with Crippen LogP contribution in [0.1, 0.15) is 24.8 Å². The number of hydrogen-bond acceptors (Lipinski definition) is 5. The van der Waals surface area contributed by atoms with Crippen molar-refractivity contribution in [1.29, 1.82) is 0 Å². The fourth-order valence-corrected chi connectivity index (χ4v) is 4.70. The van der Waals surface area contributed by atoms with Crippen molar-refractivity contribution in [2.75, 3.05) is 33.4 Å². The third-order valence-corrected chi connectivity index (χ3v) is 6.21. The van der Waals surface area contributed by atoms with Gasteiger partial charge in [0.2, 0.25) is 15.9 Å². The highest BCUT2D eigenvalue weighted by Crippen LogP contribution is 2.30. The summed E-state index contributed by atoms with van der Waals surface area (Å²) in [5.41, 5.74) is 0.828. The van der Waals surface area contributed by atoms with E-state index in [1.165, 1.54) is 11.4 Å². The van der Waals surface area contributed by atoms with Gasteiger partial charge in [-0.25, -0.2) is 8.42 Å². The second-order valence-electron chi connectivity index (χ2n) is 6.22. The van der Waals surface area contributed by atoms with Crippen LogP contribution in [0.25, 0.3) is 0 Å². The van der Waals surface area contributed by atoms with Crippen molar-refractivity contribution in [3.63, 3.8) is 0 Å². The Hall–Kier alpha value is -1.64. The Balaban J connectivity index is 2.17. The smallest absolute Gasteiger partial charge is 0.246 e. The fraction of sp³-hybridized carbons (Fsp3) is 0.588. The van der Waals surface area contributed by atoms with E-state index < -0.39 is 10.0 Å². The average Bonchev–Trinajstić information content (AvgIpc) is 2.62. The Labute approximate surface area is 149 Å². The Morgan fingerprint density at radius 2 is 2.20 bits per heavy atom. The summed E-state index contributed by atoms with van der Waals surface area (Å²) in [5, 5.41) is 11.5. The van der Waals surface area contributed by atoms with Gasteiger partial charge in [-0.05, 0) is 43.9 Å². The minimum Gasteiger partial charge on any atom is -0.495 e. The molecule has 1 saturated heterocycles. The van der Waals surface area contributed by atoms with Gasteiger partial charge in [0.15, 0.2) is 0 Å². The van der Waals surface area contributed by atoms with Crippen LogP contribution in [0.4, 0.5) is 0 Å². The van der Waals surface area contributed by atoms with E-state index in [-0.39, 0.29) is 29.9 Å². The third kappa shape index (κ3) is 4.71. The molecule has 2 N–H and O–H groups in total. The first-order valence-electron chi connectivity index (χ1n) is 8.43. The number of methoxy groups -OCH3 is 1. The molecule has 1 aromatic carbocycles. The lowest BCUT2D eigenvalue weighted by atomic mass is 9.99. The number of ether oxygens (including phenoxy) is 1. The molecule has 1 fully saturated rings. The Morgan fingerprint density at radius 1 is 1.44 bits per heavy atom. The Morgan fingerprint density at radius 3 is 2.88 bits per heavy atom. The number of aryl methyl sites for hydroxylation is 1. The number of nitrogens with one attached hydrogen (secondary N) is 1. The average molecular weight is 370 g/mol. The van der Waals surface area contributed by atoms with Crippen LogP contribution in [-0.2, 0) is 14.8 Å². The second-order valence-corrected chi connectivity index (χ2v) is 8.13. The van der Waals surface area contributed by atoms with E-state index in [1.807, 2.05) is 6.92 Å². The summed E-state index contributed by atoms with van der Waals surface area (Å²) in [6.07, 6.45) is 1.77. The molecule has 0 unspecified atom stereocenters. The van der Waals surface area contributed by atoms with Gasteiger partial charge in [-0.1, -0.05) is 6.07 Å². The minimum atomic E-state index is -3.73. The highest BCUT2D eigenvalue weighted by atomic mass is 32.2. The van der Waals surface area contributed by atoms with Crippen LogP contribution >= 0.6 is 0 Å². The quantitative estimate of drug-likeness (QED) is 0.696. The summed E-state index contributed by atoms with van der Waals surface area (Å²) in [6.45, 7) is 2.78. The first kappa shape index (κ1) is 19.7. The molecular weight excluding hydrogens is 344 g/mol. The van der Waals surface area contributed by atoms with E-state index in [2.05, 4.69) is 5.32 Å². The molecule has 0 aromatic heterocycles. The van der Waals surface area contributed by atoms with Crippen LogP contribution in [0.5, 0.6) is 5.75 Å². The molecular formula is C17H26N2O5S. The maximum Gasteiger partial charge on any atom is 0.246 e. The molecule has 25 heavy (non-hydrogen) atoms. The van der Waals surface area contributed by atoms with E-state index in [9.17, 15) is 13.2 Å². The highest BCUT2D eigenvalue weighted by Gasteiger charge is 2.34. The summed E-state index contributed by atoms with van der Waals surface area (Å²) in [7, 11) is -2.29. The third-order valence-electron chi connectivity index (χ3n) is 4.33. The molecule has 0 saturated carbocycles. The largest absolute Gasteiger partial charge is 0.495 e. The molecule has 0 bridgehead atoms. The number of carbonyl (C=O) groups excluding carboxylic acids is 1. The Bertz CT molecular complexity index is 705. The van der Waals surface area contributed by atoms with Crippen LogP contribution in [-0.4, -0.2) is 57.1 Å². The monoisotopic (exact) mass is 370 g/mol. The van der Waals surface area contributed by atoms with E-state index in [4.69, 9.17) is 9.84 Å². The van der Waals surface area contributed by atoms with Crippen LogP contribution in [0, 0.1) is 12.8 Å². The zero-order valence-electron chi connectivity index (χ0n) is 14.7. The maximum absolute atomic E-state index is 13.0. The first-order chi connectivity index (χ1) is 11.9. The van der Waals surface area contributed by atoms with Crippen LogP contribution < -0.4 is 10.1 Å². The van der Waals surface area contributed by atoms with E-state index in [0.29, 0.717) is 38.1 Å². The number of benzene rings is 1. The number of amides is 1. The van der Waals surface area contributed by atoms with E-state index in [0.717, 1.165) is 5.56 Å². The molecule has 140 valence electrons. The van der Waals surface area contributed by atoms with Crippen molar-refractivity contribution in [1.82, 2.24) is 9.62 Å². The van der Waals surface area contributed by atoms with Gasteiger partial charge >= 0.3 is 0 Å². The lowest BCUT2D eigenvalue weighted by Gasteiger charge is -2.31. The van der Waals surface area contributed by atoms with Gasteiger partial charge in [0, 0.05) is 26.2 Å². The standard InChI is InChI=1S/C17H26N2O5S/c1-13-6-7-15(24-2)16(11-13)25(22,23)19-9-3-5-14(12-19)17(21)18-8-4-10-20/h6-7,11,14,20H,3-5,8-10,12H2,1-2H3,(H,18,21)/t14-/m1/s1. The van der Waals surface area contributed by atoms with Crippen molar-refractivity contribution in [3.8, 4) is 5.75 Å². The summed E-state index contributed by atoms with van der Waals surface area (Å²) in [6, 6.07) is 5.04. The maximum atomic E-state index is 13.0. The van der Waals surface area contributed by atoms with Gasteiger partial charge in [0.1, 0.15) is 10.6 Å². The molecule has 7 nitrogen and oxygen atoms in total. The number of hydrogen-bond donors (Lipinski definition) is 2. The van der Waals surface area contributed by atoms with Crippen molar-refractivity contribution in [2.45, 2.75) is 31.1 Å². The Kier molecular flexibility index (Phi) is 6.80. The van der Waals surface area contributed by atoms with Gasteiger partial charge in [-0.2, -0.15) is 4.31 Å². The summed E-state index contributed by atoms with van der Waals surface area (Å²) in [4.78, 5) is 12.4. The number of sulfonamides is 1. The lowest BCUT2D eigenvalue weighted by molar-refractivity contribution is -0.126. The lowest BCUT2D eigenvalue weighted by Crippen LogP contribution is -2.45. The van der Waals surface area contributed by atoms with E-state index >= 15 is 0 Å². The molecule has 1 atom stereocenters. The molecule has 8 heteroatoms. The first-order valence-corrected chi connectivity index (χ1v) is 9.87. The molecule has 1 aliphatic heterocycles. The molecule has 1 aromatic rings. The second kappa shape index (κ2) is 8.64. The van der Waals surface area contributed by atoms with Crippen LogP contribution in [0.15, 0.2) is 23.1 Å². The number of piperidine rings is 1. The number of aliphatic hydroxyl groups excluding tert-OH is 1. The number of carbonyl (C=O) groups is 1. The normalized spacial score (nSPS) is 18.8. The molecule has 0 aliphatic carbocycles. The van der Waals surface area contributed by atoms with E-state index in [1.54, 1.807) is 18.2 Å². The predicted molar refractivity (Wildman–Crippen MR) is 93.9 cm³/mol. The summed E-state index contributed by atoms with van der Waals surface area (Å²) >= 11 is 0. The van der Waals surface area contributed by atoms with Crippen molar-refractivity contribution < 1.29 is 23.1 Å². The molecule has 2 rings (SSSR count).